The normalized spacial score (nSPS) is 18.5. The third kappa shape index (κ3) is 2.40. The number of Topliss-reactive ketones (excluding diaryl/α,β-unsaturated/α-hetero) is 1. The molecule has 100 valence electrons. The summed E-state index contributed by atoms with van der Waals surface area (Å²) in [5.41, 5.74) is 0.586. The van der Waals surface area contributed by atoms with Crippen LogP contribution in [0.4, 0.5) is 0 Å². The van der Waals surface area contributed by atoms with E-state index in [-0.39, 0.29) is 11.2 Å². The fourth-order valence-corrected chi connectivity index (χ4v) is 3.80. The standard InChI is InChI=1S/C14H21BrN2O/c1-10(2)8-14(6-4-5-7-14)13(18)12-11(15)9-16-17(12)3/h9-10H,4-8H2,1-3H3. The van der Waals surface area contributed by atoms with Crippen LogP contribution >= 0.6 is 15.9 Å². The third-order valence-electron chi connectivity index (χ3n) is 3.95. The Hall–Kier alpha value is -0.640. The predicted octanol–water partition coefficient (Wildman–Crippen LogP) is 3.97. The second-order valence-corrected chi connectivity index (χ2v) is 6.73. The molecule has 18 heavy (non-hydrogen) atoms. The Kier molecular flexibility index (Phi) is 3.95. The van der Waals surface area contributed by atoms with E-state index >= 15 is 0 Å². The highest BCUT2D eigenvalue weighted by atomic mass is 79.9. The van der Waals surface area contributed by atoms with Crippen LogP contribution in [0, 0.1) is 11.3 Å². The molecule has 1 heterocycles. The predicted molar refractivity (Wildman–Crippen MR) is 75.6 cm³/mol. The SMILES string of the molecule is CC(C)CC1(C(=O)c2c(Br)cnn2C)CCCC1. The van der Waals surface area contributed by atoms with Gasteiger partial charge in [-0.25, -0.2) is 0 Å². The van der Waals surface area contributed by atoms with E-state index in [1.54, 1.807) is 10.9 Å². The largest absolute Gasteiger partial charge is 0.292 e. The molecule has 1 fully saturated rings. The zero-order valence-electron chi connectivity index (χ0n) is 11.4. The molecular formula is C14H21BrN2O. The van der Waals surface area contributed by atoms with Crippen molar-refractivity contribution in [2.75, 3.05) is 0 Å². The molecule has 2 rings (SSSR count). The van der Waals surface area contributed by atoms with Gasteiger partial charge in [-0.3, -0.25) is 9.48 Å². The Morgan fingerprint density at radius 3 is 2.56 bits per heavy atom. The van der Waals surface area contributed by atoms with Gasteiger partial charge in [-0.15, -0.1) is 0 Å². The summed E-state index contributed by atoms with van der Waals surface area (Å²) < 4.78 is 2.53. The Labute approximate surface area is 117 Å². The molecule has 0 saturated heterocycles. The summed E-state index contributed by atoms with van der Waals surface area (Å²) in [6.07, 6.45) is 7.11. The summed E-state index contributed by atoms with van der Waals surface area (Å²) in [4.78, 5) is 12.9. The van der Waals surface area contributed by atoms with E-state index in [0.29, 0.717) is 5.92 Å². The number of hydrogen-bond acceptors (Lipinski definition) is 2. The lowest BCUT2D eigenvalue weighted by molar-refractivity contribution is 0.0748. The van der Waals surface area contributed by atoms with Gasteiger partial charge >= 0.3 is 0 Å². The smallest absolute Gasteiger partial charge is 0.188 e. The molecule has 1 aromatic rings. The molecule has 3 nitrogen and oxygen atoms in total. The molecule has 1 saturated carbocycles. The zero-order valence-corrected chi connectivity index (χ0v) is 13.0. The number of nitrogens with zero attached hydrogens (tertiary/aromatic N) is 2. The van der Waals surface area contributed by atoms with Gasteiger partial charge in [-0.1, -0.05) is 26.7 Å². The fraction of sp³-hybridized carbons (Fsp3) is 0.714. The maximum absolute atomic E-state index is 12.9. The van der Waals surface area contributed by atoms with E-state index in [1.807, 2.05) is 7.05 Å². The van der Waals surface area contributed by atoms with E-state index in [2.05, 4.69) is 34.9 Å². The van der Waals surface area contributed by atoms with Gasteiger partial charge in [0.2, 0.25) is 0 Å². The molecule has 0 aliphatic heterocycles. The lowest BCUT2D eigenvalue weighted by atomic mass is 9.74. The first kappa shape index (κ1) is 13.8. The summed E-state index contributed by atoms with van der Waals surface area (Å²) in [5.74, 6) is 0.833. The van der Waals surface area contributed by atoms with Crippen LogP contribution in [0.2, 0.25) is 0 Å². The van der Waals surface area contributed by atoms with Gasteiger partial charge in [-0.2, -0.15) is 5.10 Å². The number of ketones is 1. The van der Waals surface area contributed by atoms with Gasteiger partial charge in [0.1, 0.15) is 5.69 Å². The molecule has 0 radical (unpaired) electrons. The number of carbonyl (C=O) groups is 1. The molecule has 4 heteroatoms. The van der Waals surface area contributed by atoms with E-state index in [9.17, 15) is 4.79 Å². The highest BCUT2D eigenvalue weighted by Gasteiger charge is 2.43. The lowest BCUT2D eigenvalue weighted by Crippen LogP contribution is -2.31. The highest BCUT2D eigenvalue weighted by molar-refractivity contribution is 9.10. The Morgan fingerprint density at radius 1 is 1.50 bits per heavy atom. The summed E-state index contributed by atoms with van der Waals surface area (Å²) >= 11 is 3.45. The second-order valence-electron chi connectivity index (χ2n) is 5.88. The van der Waals surface area contributed by atoms with E-state index < -0.39 is 0 Å². The topological polar surface area (TPSA) is 34.9 Å². The van der Waals surface area contributed by atoms with Crippen molar-refractivity contribution in [3.8, 4) is 0 Å². The summed E-state index contributed by atoms with van der Waals surface area (Å²) in [5, 5.41) is 4.17. The molecule has 0 spiro atoms. The minimum absolute atomic E-state index is 0.148. The second kappa shape index (κ2) is 5.16. The Balaban J connectivity index is 2.35. The fourth-order valence-electron chi connectivity index (χ4n) is 3.27. The van der Waals surface area contributed by atoms with E-state index in [1.165, 1.54) is 12.8 Å². The van der Waals surface area contributed by atoms with Gasteiger partial charge in [0.15, 0.2) is 5.78 Å². The maximum Gasteiger partial charge on any atom is 0.188 e. The minimum Gasteiger partial charge on any atom is -0.292 e. The number of halogens is 1. The molecular weight excluding hydrogens is 292 g/mol. The zero-order chi connectivity index (χ0) is 13.3. The highest BCUT2D eigenvalue weighted by Crippen LogP contribution is 2.46. The van der Waals surface area contributed by atoms with Gasteiger partial charge in [0, 0.05) is 12.5 Å². The first-order valence-corrected chi connectivity index (χ1v) is 7.48. The van der Waals surface area contributed by atoms with Crippen LogP contribution in [0.3, 0.4) is 0 Å². The molecule has 0 amide bonds. The molecule has 0 aromatic carbocycles. The number of aryl methyl sites for hydroxylation is 1. The summed E-state index contributed by atoms with van der Waals surface area (Å²) in [6.45, 7) is 4.40. The van der Waals surface area contributed by atoms with Gasteiger partial charge in [0.25, 0.3) is 0 Å². The average molecular weight is 313 g/mol. The van der Waals surface area contributed by atoms with Gasteiger partial charge in [-0.05, 0) is 41.1 Å². The molecule has 0 unspecified atom stereocenters. The van der Waals surface area contributed by atoms with E-state index in [4.69, 9.17) is 0 Å². The molecule has 1 aliphatic carbocycles. The quantitative estimate of drug-likeness (QED) is 0.788. The first-order chi connectivity index (χ1) is 8.46. The Bertz CT molecular complexity index is 425. The van der Waals surface area contributed by atoms with Crippen molar-refractivity contribution in [2.24, 2.45) is 18.4 Å². The third-order valence-corrected chi connectivity index (χ3v) is 4.53. The van der Waals surface area contributed by atoms with Crippen molar-refractivity contribution < 1.29 is 4.79 Å². The van der Waals surface area contributed by atoms with Crippen LogP contribution in [-0.4, -0.2) is 15.6 Å². The van der Waals surface area contributed by atoms with Crippen molar-refractivity contribution >= 4 is 21.7 Å². The molecule has 0 N–H and O–H groups in total. The summed E-state index contributed by atoms with van der Waals surface area (Å²) in [7, 11) is 1.84. The van der Waals surface area contributed by atoms with Crippen LogP contribution in [0.15, 0.2) is 10.7 Å². The lowest BCUT2D eigenvalue weighted by Gasteiger charge is -2.29. The number of aromatic nitrogens is 2. The van der Waals surface area contributed by atoms with Crippen LogP contribution in [-0.2, 0) is 7.05 Å². The van der Waals surface area contributed by atoms with E-state index in [0.717, 1.165) is 29.4 Å². The molecule has 1 aliphatic rings. The van der Waals surface area contributed by atoms with Crippen LogP contribution in [0.5, 0.6) is 0 Å². The van der Waals surface area contributed by atoms with Crippen molar-refractivity contribution in [2.45, 2.75) is 46.0 Å². The van der Waals surface area contributed by atoms with Crippen molar-refractivity contribution in [1.82, 2.24) is 9.78 Å². The number of rotatable bonds is 4. The van der Waals surface area contributed by atoms with Gasteiger partial charge in [0.05, 0.1) is 10.7 Å². The monoisotopic (exact) mass is 312 g/mol. The average Bonchev–Trinajstić information content (AvgIpc) is 2.86. The maximum atomic E-state index is 12.9. The minimum atomic E-state index is -0.148. The van der Waals surface area contributed by atoms with Crippen molar-refractivity contribution in [3.05, 3.63) is 16.4 Å². The van der Waals surface area contributed by atoms with Crippen molar-refractivity contribution in [1.29, 1.82) is 0 Å². The van der Waals surface area contributed by atoms with Crippen LogP contribution in [0.25, 0.3) is 0 Å². The molecule has 0 atom stereocenters. The molecule has 0 bridgehead atoms. The van der Waals surface area contributed by atoms with Gasteiger partial charge < -0.3 is 0 Å². The Morgan fingerprint density at radius 2 is 2.11 bits per heavy atom. The van der Waals surface area contributed by atoms with Crippen LogP contribution < -0.4 is 0 Å². The number of carbonyl (C=O) groups excluding carboxylic acids is 1. The number of hydrogen-bond donors (Lipinski definition) is 0. The van der Waals surface area contributed by atoms with Crippen molar-refractivity contribution in [3.63, 3.8) is 0 Å². The molecule has 1 aromatic heterocycles. The summed E-state index contributed by atoms with van der Waals surface area (Å²) in [6, 6.07) is 0. The first-order valence-electron chi connectivity index (χ1n) is 6.68. The van der Waals surface area contributed by atoms with Crippen LogP contribution in [0.1, 0.15) is 56.4 Å².